The number of benzene rings is 3. The number of nitrogens with zero attached hydrogens (tertiary/aromatic N) is 1. The summed E-state index contributed by atoms with van der Waals surface area (Å²) in [6.45, 7) is 4.61. The van der Waals surface area contributed by atoms with Crippen LogP contribution < -0.4 is 10.1 Å². The molecular formula is C44H26N4O3S4. The Morgan fingerprint density at radius 1 is 0.782 bits per heavy atom. The highest BCUT2D eigenvalue weighted by Gasteiger charge is 2.06. The number of hydrogen-bond donors (Lipinski definition) is 3. The molecule has 0 atom stereocenters. The van der Waals surface area contributed by atoms with Gasteiger partial charge >= 0.3 is 0 Å². The maximum atomic E-state index is 12.1. The second-order valence-corrected chi connectivity index (χ2v) is 14.1. The molecule has 0 aliphatic heterocycles. The first-order chi connectivity index (χ1) is 26.7. The predicted octanol–water partition coefficient (Wildman–Crippen LogP) is 8.26. The van der Waals surface area contributed by atoms with Gasteiger partial charge in [0.05, 0.1) is 38.9 Å². The molecular weight excluding hydrogens is 761 g/mol. The minimum atomic E-state index is -0.473. The Kier molecular flexibility index (Phi) is 16.4. The number of anilines is 1. The molecule has 0 saturated heterocycles. The highest BCUT2D eigenvalue weighted by Crippen LogP contribution is 2.25. The molecule has 0 radical (unpaired) electrons. The number of terminal acetylenes is 1. The number of nitrogens with one attached hydrogen (secondary N) is 3. The number of aromatic amines is 2. The lowest BCUT2D eigenvalue weighted by molar-refractivity contribution is -0.116. The number of H-pyrrole nitrogens is 2. The standard InChI is InChI=1S/C25H6N2OS2.C19H20N2O2S2/c1-2-3-4-5-6-7-8-9-10-11-12-13-14-15-16-22(28)20-26-21-17-18-24-23(19-21)27-25(29)30-24;1-12-5-7-16(13(2)10-12)23-9-3-4-18(22)20-14-6-8-17-15(11-14)21-19(24)25-17/h1,17-20H,(H,27,29);5-8,10-11H,3-4,9H2,1-2H3,(H,20,22)(H,21,24). The molecule has 0 bridgehead atoms. The van der Waals surface area contributed by atoms with E-state index in [0.29, 0.717) is 29.1 Å². The van der Waals surface area contributed by atoms with Crippen LogP contribution >= 0.6 is 47.1 Å². The molecule has 2 aromatic heterocycles. The van der Waals surface area contributed by atoms with Crippen molar-refractivity contribution in [1.29, 1.82) is 0 Å². The SMILES string of the molecule is C#CC#CC#CC#CC#CC#CC#CC#CC(=O)C=Nc1ccc2sc(=S)[nH]c2c1.Cc1ccc(OCCCC(=O)Nc2ccc3sc(=S)[nH]c3c2)c(C)c1. The minimum absolute atomic E-state index is 0.0163. The van der Waals surface area contributed by atoms with Gasteiger partial charge in [-0.1, -0.05) is 17.7 Å². The van der Waals surface area contributed by atoms with Gasteiger partial charge in [0, 0.05) is 12.1 Å². The lowest BCUT2D eigenvalue weighted by Crippen LogP contribution is -2.12. The van der Waals surface area contributed by atoms with Crippen molar-refractivity contribution in [2.45, 2.75) is 26.7 Å². The van der Waals surface area contributed by atoms with E-state index in [9.17, 15) is 9.59 Å². The number of hydrogen-bond acceptors (Lipinski definition) is 8. The molecule has 0 spiro atoms. The monoisotopic (exact) mass is 786 g/mol. The van der Waals surface area contributed by atoms with Crippen LogP contribution in [0.2, 0.25) is 0 Å². The number of aliphatic imine (C=N–C) groups is 1. The molecule has 0 saturated carbocycles. The summed E-state index contributed by atoms with van der Waals surface area (Å²) in [4.78, 5) is 34.0. The summed E-state index contributed by atoms with van der Waals surface area (Å²) in [5.74, 6) is 36.6. The van der Waals surface area contributed by atoms with Crippen molar-refractivity contribution in [1.82, 2.24) is 9.97 Å². The molecule has 264 valence electrons. The molecule has 5 rings (SSSR count). The van der Waals surface area contributed by atoms with Crippen molar-refractivity contribution in [3.8, 4) is 101 Å². The van der Waals surface area contributed by atoms with E-state index in [1.54, 1.807) is 12.1 Å². The first kappa shape index (κ1) is 40.7. The quantitative estimate of drug-likeness (QED) is 0.0484. The van der Waals surface area contributed by atoms with Crippen LogP contribution in [0.15, 0.2) is 59.6 Å². The number of thiazole rings is 2. The van der Waals surface area contributed by atoms with E-state index >= 15 is 0 Å². The number of aromatic nitrogens is 2. The van der Waals surface area contributed by atoms with E-state index in [1.807, 2.05) is 43.3 Å². The molecule has 7 nitrogen and oxygen atoms in total. The molecule has 5 aromatic rings. The Balaban J connectivity index is 0.000000248. The van der Waals surface area contributed by atoms with Crippen molar-refractivity contribution >= 4 is 96.8 Å². The molecule has 0 fully saturated rings. The third-order valence-electron chi connectivity index (χ3n) is 6.58. The average Bonchev–Trinajstić information content (AvgIpc) is 3.73. The molecule has 0 aliphatic rings. The first-order valence-electron chi connectivity index (χ1n) is 16.0. The molecule has 1 amide bonds. The average molecular weight is 787 g/mol. The maximum Gasteiger partial charge on any atom is 0.247 e. The molecule has 55 heavy (non-hydrogen) atoms. The number of carbonyl (C=O) groups excluding carboxylic acids is 2. The van der Waals surface area contributed by atoms with Crippen LogP contribution in [0.25, 0.3) is 20.4 Å². The van der Waals surface area contributed by atoms with Crippen molar-refractivity contribution < 1.29 is 14.3 Å². The third-order valence-corrected chi connectivity index (χ3v) is 9.01. The molecule has 3 N–H and O–H groups in total. The summed E-state index contributed by atoms with van der Waals surface area (Å²) in [5.41, 5.74) is 5.55. The summed E-state index contributed by atoms with van der Waals surface area (Å²) in [6, 6.07) is 17.3. The first-order valence-corrected chi connectivity index (χ1v) is 18.5. The largest absolute Gasteiger partial charge is 0.493 e. The zero-order valence-corrected chi connectivity index (χ0v) is 32.5. The Labute approximate surface area is 337 Å². The second kappa shape index (κ2) is 22.1. The normalized spacial score (nSPS) is 9.04. The van der Waals surface area contributed by atoms with Crippen molar-refractivity contribution in [2.24, 2.45) is 4.99 Å². The fourth-order valence-electron chi connectivity index (χ4n) is 4.29. The summed E-state index contributed by atoms with van der Waals surface area (Å²) < 4.78 is 9.29. The van der Waals surface area contributed by atoms with Crippen LogP contribution in [-0.2, 0) is 9.59 Å². The van der Waals surface area contributed by atoms with Crippen molar-refractivity contribution in [3.05, 3.63) is 73.6 Å². The molecule has 2 heterocycles. The van der Waals surface area contributed by atoms with Crippen molar-refractivity contribution in [3.63, 3.8) is 0 Å². The van der Waals surface area contributed by atoms with Crippen LogP contribution in [0.3, 0.4) is 0 Å². The van der Waals surface area contributed by atoms with Crippen LogP contribution in [-0.4, -0.2) is 34.5 Å². The Hall–Kier alpha value is -7.03. The highest BCUT2D eigenvalue weighted by molar-refractivity contribution is 7.74. The molecule has 0 unspecified atom stereocenters. The number of ether oxygens (including phenoxy) is 1. The summed E-state index contributed by atoms with van der Waals surface area (Å²) in [5, 5.41) is 2.92. The maximum absolute atomic E-state index is 12.1. The fourth-order valence-corrected chi connectivity index (χ4v) is 6.48. The van der Waals surface area contributed by atoms with Gasteiger partial charge in [-0.2, -0.15) is 0 Å². The number of carbonyl (C=O) groups is 2. The number of ketones is 1. The van der Waals surface area contributed by atoms with Gasteiger partial charge in [-0.25, -0.2) is 0 Å². The Bertz CT molecular complexity index is 2930. The third kappa shape index (κ3) is 14.9. The number of fused-ring (bicyclic) bond motifs is 2. The van der Waals surface area contributed by atoms with E-state index in [4.69, 9.17) is 35.6 Å². The molecule has 11 heteroatoms. The van der Waals surface area contributed by atoms with Gasteiger partial charge < -0.3 is 20.0 Å². The second-order valence-electron chi connectivity index (χ2n) is 10.7. The smallest absolute Gasteiger partial charge is 0.247 e. The van der Waals surface area contributed by atoms with E-state index in [-0.39, 0.29) is 5.91 Å². The lowest BCUT2D eigenvalue weighted by Gasteiger charge is -2.10. The van der Waals surface area contributed by atoms with Crippen LogP contribution in [0.4, 0.5) is 11.4 Å². The summed E-state index contributed by atoms with van der Waals surface area (Å²) in [7, 11) is 0. The summed E-state index contributed by atoms with van der Waals surface area (Å²) >= 11 is 13.2. The number of Topliss-reactive ketones (excluding diaryl/α,β-unsaturated/α-hetero) is 1. The van der Waals surface area contributed by atoms with Crippen LogP contribution in [0, 0.1) is 117 Å². The zero-order valence-electron chi connectivity index (χ0n) is 29.3. The van der Waals surface area contributed by atoms with Gasteiger partial charge in [0.1, 0.15) is 5.75 Å². The molecule has 0 aliphatic carbocycles. The predicted molar refractivity (Wildman–Crippen MR) is 230 cm³/mol. The van der Waals surface area contributed by atoms with Gasteiger partial charge in [0.25, 0.3) is 0 Å². The van der Waals surface area contributed by atoms with Gasteiger partial charge in [0.2, 0.25) is 11.7 Å². The Morgan fingerprint density at radius 2 is 1.36 bits per heavy atom. The van der Waals surface area contributed by atoms with E-state index in [2.05, 4.69) is 122 Å². The number of rotatable bonds is 8. The summed E-state index contributed by atoms with van der Waals surface area (Å²) in [6.07, 6.45) is 7.14. The molecule has 3 aromatic carbocycles. The number of aryl methyl sites for hydroxylation is 2. The number of amides is 1. The van der Waals surface area contributed by atoms with Gasteiger partial charge in [-0.3, -0.25) is 14.6 Å². The minimum Gasteiger partial charge on any atom is -0.493 e. The van der Waals surface area contributed by atoms with Crippen LogP contribution in [0.5, 0.6) is 5.75 Å². The topological polar surface area (TPSA) is 99.3 Å². The van der Waals surface area contributed by atoms with E-state index in [0.717, 1.165) is 47.6 Å². The lowest BCUT2D eigenvalue weighted by atomic mass is 10.1. The van der Waals surface area contributed by atoms with Crippen molar-refractivity contribution in [2.75, 3.05) is 11.9 Å². The fraction of sp³-hybridized carbons (Fsp3) is 0.114. The van der Waals surface area contributed by atoms with Gasteiger partial charge in [-0.15, -0.1) is 29.1 Å². The van der Waals surface area contributed by atoms with Gasteiger partial charge in [-0.05, 0) is 182 Å². The highest BCUT2D eigenvalue weighted by atomic mass is 32.2. The van der Waals surface area contributed by atoms with Gasteiger partial charge in [0.15, 0.2) is 7.91 Å². The van der Waals surface area contributed by atoms with E-state index < -0.39 is 5.78 Å². The zero-order chi connectivity index (χ0) is 39.3. The van der Waals surface area contributed by atoms with E-state index in [1.165, 1.54) is 28.2 Å². The Morgan fingerprint density at radius 3 is 1.98 bits per heavy atom. The van der Waals surface area contributed by atoms with Crippen LogP contribution in [0.1, 0.15) is 24.0 Å².